The highest BCUT2D eigenvalue weighted by Gasteiger charge is 2.13. The minimum absolute atomic E-state index is 0.360. The van der Waals surface area contributed by atoms with Gasteiger partial charge in [0.1, 0.15) is 5.82 Å². The minimum atomic E-state index is -0.360. The number of hydrogen-bond acceptors (Lipinski definition) is 4. The van der Waals surface area contributed by atoms with Gasteiger partial charge < -0.3 is 25.1 Å². The number of ether oxygens (including phenoxy) is 2. The fourth-order valence-corrected chi connectivity index (χ4v) is 3.42. The number of aromatic amines is 1. The SMILES string of the molecule is COc1cc2nc(-c3ccc(C)c(NC(=O)Nc4cccc(Cl)c4)c3)[nH]c2cc1OC. The summed E-state index contributed by atoms with van der Waals surface area (Å²) in [5, 5.41) is 6.21. The molecule has 0 spiro atoms. The normalized spacial score (nSPS) is 10.7. The second kappa shape index (κ2) is 8.57. The molecule has 4 aromatic rings. The number of H-pyrrole nitrogens is 1. The summed E-state index contributed by atoms with van der Waals surface area (Å²) in [6, 6.07) is 16.0. The lowest BCUT2D eigenvalue weighted by molar-refractivity contribution is 0.262. The second-order valence-electron chi connectivity index (χ2n) is 6.93. The fourth-order valence-electron chi connectivity index (χ4n) is 3.23. The predicted molar refractivity (Wildman–Crippen MR) is 123 cm³/mol. The van der Waals surface area contributed by atoms with E-state index in [2.05, 4.69) is 20.6 Å². The van der Waals surface area contributed by atoms with Gasteiger partial charge in [0.05, 0.1) is 25.3 Å². The summed E-state index contributed by atoms with van der Waals surface area (Å²) in [6.07, 6.45) is 0. The number of nitrogens with zero attached hydrogens (tertiary/aromatic N) is 1. The zero-order valence-electron chi connectivity index (χ0n) is 17.2. The zero-order valence-corrected chi connectivity index (χ0v) is 18.0. The number of anilines is 2. The molecular formula is C23H21ClN4O3. The first-order valence-electron chi connectivity index (χ1n) is 9.53. The number of carbonyl (C=O) groups is 1. The molecule has 2 amide bonds. The van der Waals surface area contributed by atoms with Gasteiger partial charge in [0.2, 0.25) is 0 Å². The van der Waals surface area contributed by atoms with E-state index >= 15 is 0 Å². The van der Waals surface area contributed by atoms with Gasteiger partial charge >= 0.3 is 6.03 Å². The number of nitrogens with one attached hydrogen (secondary N) is 3. The topological polar surface area (TPSA) is 88.3 Å². The average molecular weight is 437 g/mol. The smallest absolute Gasteiger partial charge is 0.323 e. The molecule has 0 atom stereocenters. The maximum Gasteiger partial charge on any atom is 0.323 e. The lowest BCUT2D eigenvalue weighted by atomic mass is 10.1. The molecule has 1 heterocycles. The Bertz CT molecular complexity index is 1230. The molecule has 158 valence electrons. The van der Waals surface area contributed by atoms with Crippen molar-refractivity contribution in [3.05, 3.63) is 65.2 Å². The van der Waals surface area contributed by atoms with E-state index in [1.54, 1.807) is 38.5 Å². The lowest BCUT2D eigenvalue weighted by Crippen LogP contribution is -2.20. The van der Waals surface area contributed by atoms with Crippen LogP contribution in [0.25, 0.3) is 22.4 Å². The Morgan fingerprint density at radius 1 is 1.00 bits per heavy atom. The van der Waals surface area contributed by atoms with Gasteiger partial charge in [-0.25, -0.2) is 9.78 Å². The van der Waals surface area contributed by atoms with Crippen molar-refractivity contribution in [1.29, 1.82) is 0 Å². The van der Waals surface area contributed by atoms with E-state index in [9.17, 15) is 4.79 Å². The van der Waals surface area contributed by atoms with Crippen LogP contribution in [0.4, 0.5) is 16.2 Å². The summed E-state index contributed by atoms with van der Waals surface area (Å²) in [7, 11) is 3.18. The van der Waals surface area contributed by atoms with Crippen molar-refractivity contribution >= 4 is 40.0 Å². The van der Waals surface area contributed by atoms with Crippen LogP contribution in [0, 0.1) is 6.92 Å². The van der Waals surface area contributed by atoms with Crippen LogP contribution in [0.2, 0.25) is 5.02 Å². The molecule has 0 aliphatic heterocycles. The highest BCUT2D eigenvalue weighted by Crippen LogP contribution is 2.33. The number of halogens is 1. The number of aryl methyl sites for hydroxylation is 1. The molecule has 0 unspecified atom stereocenters. The molecule has 8 heteroatoms. The maximum atomic E-state index is 12.5. The molecule has 1 aromatic heterocycles. The summed E-state index contributed by atoms with van der Waals surface area (Å²) in [5.74, 6) is 1.90. The van der Waals surface area contributed by atoms with Crippen LogP contribution in [0.15, 0.2) is 54.6 Å². The molecule has 4 rings (SSSR count). The number of rotatable bonds is 5. The highest BCUT2D eigenvalue weighted by atomic mass is 35.5. The molecule has 0 fully saturated rings. The maximum absolute atomic E-state index is 12.5. The fraction of sp³-hybridized carbons (Fsp3) is 0.130. The summed E-state index contributed by atoms with van der Waals surface area (Å²) >= 11 is 5.98. The van der Waals surface area contributed by atoms with E-state index in [4.69, 9.17) is 21.1 Å². The van der Waals surface area contributed by atoms with E-state index in [1.165, 1.54) is 0 Å². The number of urea groups is 1. The Labute approximate surface area is 184 Å². The van der Waals surface area contributed by atoms with Gasteiger partial charge in [-0.2, -0.15) is 0 Å². The van der Waals surface area contributed by atoms with E-state index in [1.807, 2.05) is 37.3 Å². The Hall–Kier alpha value is -3.71. The van der Waals surface area contributed by atoms with Crippen molar-refractivity contribution in [1.82, 2.24) is 9.97 Å². The Balaban J connectivity index is 1.60. The third kappa shape index (κ3) is 4.41. The van der Waals surface area contributed by atoms with Crippen LogP contribution in [-0.2, 0) is 0 Å². The first-order chi connectivity index (χ1) is 15.0. The van der Waals surface area contributed by atoms with E-state index in [0.29, 0.717) is 33.7 Å². The predicted octanol–water partition coefficient (Wildman–Crippen LogP) is 5.85. The average Bonchev–Trinajstić information content (AvgIpc) is 3.17. The van der Waals surface area contributed by atoms with Gasteiger partial charge in [0.15, 0.2) is 11.5 Å². The molecule has 0 aliphatic rings. The summed E-state index contributed by atoms with van der Waals surface area (Å²) in [4.78, 5) is 20.4. The van der Waals surface area contributed by atoms with Crippen LogP contribution >= 0.6 is 11.6 Å². The Morgan fingerprint density at radius 3 is 2.52 bits per heavy atom. The van der Waals surface area contributed by atoms with Crippen molar-refractivity contribution in [3.8, 4) is 22.9 Å². The largest absolute Gasteiger partial charge is 0.493 e. The highest BCUT2D eigenvalue weighted by molar-refractivity contribution is 6.30. The molecule has 7 nitrogen and oxygen atoms in total. The quantitative estimate of drug-likeness (QED) is 0.366. The van der Waals surface area contributed by atoms with Crippen LogP contribution in [0.1, 0.15) is 5.56 Å². The third-order valence-corrected chi connectivity index (χ3v) is 5.06. The molecule has 3 N–H and O–H groups in total. The van der Waals surface area contributed by atoms with Crippen LogP contribution in [-0.4, -0.2) is 30.2 Å². The molecule has 0 bridgehead atoms. The third-order valence-electron chi connectivity index (χ3n) is 4.83. The van der Waals surface area contributed by atoms with Gasteiger partial charge in [0.25, 0.3) is 0 Å². The van der Waals surface area contributed by atoms with E-state index in [-0.39, 0.29) is 6.03 Å². The first kappa shape index (κ1) is 20.6. The van der Waals surface area contributed by atoms with Gasteiger partial charge in [-0.3, -0.25) is 0 Å². The minimum Gasteiger partial charge on any atom is -0.493 e. The van der Waals surface area contributed by atoms with E-state index in [0.717, 1.165) is 22.2 Å². The van der Waals surface area contributed by atoms with Gasteiger partial charge in [-0.15, -0.1) is 0 Å². The van der Waals surface area contributed by atoms with Crippen molar-refractivity contribution in [2.45, 2.75) is 6.92 Å². The number of fused-ring (bicyclic) bond motifs is 1. The Morgan fingerprint density at radius 2 is 1.77 bits per heavy atom. The zero-order chi connectivity index (χ0) is 22.0. The van der Waals surface area contributed by atoms with E-state index < -0.39 is 0 Å². The number of methoxy groups -OCH3 is 2. The molecule has 0 saturated carbocycles. The molecule has 3 aromatic carbocycles. The molecular weight excluding hydrogens is 416 g/mol. The van der Waals surface area contributed by atoms with Gasteiger partial charge in [0, 0.05) is 34.1 Å². The summed E-state index contributed by atoms with van der Waals surface area (Å²) < 4.78 is 10.7. The second-order valence-corrected chi connectivity index (χ2v) is 7.37. The number of hydrogen-bond donors (Lipinski definition) is 3. The van der Waals surface area contributed by atoms with Crippen molar-refractivity contribution < 1.29 is 14.3 Å². The molecule has 0 aliphatic carbocycles. The Kier molecular flexibility index (Phi) is 5.68. The standard InChI is InChI=1S/C23H21ClN4O3/c1-13-7-8-14(9-17(13)28-23(29)25-16-6-4-5-15(24)10-16)22-26-18-11-20(30-2)21(31-3)12-19(18)27-22/h4-12H,1-3H3,(H,26,27)(H2,25,28,29). The lowest BCUT2D eigenvalue weighted by Gasteiger charge is -2.11. The van der Waals surface area contributed by atoms with Crippen molar-refractivity contribution in [2.24, 2.45) is 0 Å². The monoisotopic (exact) mass is 436 g/mol. The van der Waals surface area contributed by atoms with Gasteiger partial charge in [-0.1, -0.05) is 29.8 Å². The number of benzene rings is 3. The van der Waals surface area contributed by atoms with Crippen LogP contribution in [0.3, 0.4) is 0 Å². The molecule has 0 saturated heterocycles. The van der Waals surface area contributed by atoms with Crippen molar-refractivity contribution in [3.63, 3.8) is 0 Å². The van der Waals surface area contributed by atoms with Gasteiger partial charge in [-0.05, 0) is 36.8 Å². The summed E-state index contributed by atoms with van der Waals surface area (Å²) in [5.41, 5.74) is 4.61. The van der Waals surface area contributed by atoms with Crippen LogP contribution in [0.5, 0.6) is 11.5 Å². The number of aromatic nitrogens is 2. The number of carbonyl (C=O) groups excluding carboxylic acids is 1. The number of imidazole rings is 1. The van der Waals surface area contributed by atoms with Crippen LogP contribution < -0.4 is 20.1 Å². The summed E-state index contributed by atoms with van der Waals surface area (Å²) in [6.45, 7) is 1.92. The number of amides is 2. The molecule has 31 heavy (non-hydrogen) atoms. The first-order valence-corrected chi connectivity index (χ1v) is 9.91. The van der Waals surface area contributed by atoms with Crippen molar-refractivity contribution in [2.75, 3.05) is 24.9 Å². The molecule has 0 radical (unpaired) electrons.